The summed E-state index contributed by atoms with van der Waals surface area (Å²) in [5.74, 6) is -1.25. The third kappa shape index (κ3) is 2.02. The maximum Gasteiger partial charge on any atom is 0.337 e. The summed E-state index contributed by atoms with van der Waals surface area (Å²) in [5.41, 5.74) is 0.908. The maximum absolute atomic E-state index is 11.6. The Balaban J connectivity index is 2.52. The van der Waals surface area contributed by atoms with Gasteiger partial charge in [-0.15, -0.1) is 5.10 Å². The van der Waals surface area contributed by atoms with Crippen molar-refractivity contribution in [2.24, 2.45) is 0 Å². The number of amides is 1. The largest absolute Gasteiger partial charge is 0.478 e. The standard InChI is InChI=1S/C11H12N4O3/c1-14(2)9(16)6-15-10-7(11(17)18)4-3-5-8(10)12-13-15/h3-5H,6H2,1-2H3,(H,17,18). The number of benzene rings is 1. The molecule has 0 aliphatic carbocycles. The molecule has 0 saturated heterocycles. The van der Waals surface area contributed by atoms with Crippen molar-refractivity contribution in [3.05, 3.63) is 23.8 Å². The van der Waals surface area contributed by atoms with Gasteiger partial charge in [0.1, 0.15) is 17.6 Å². The van der Waals surface area contributed by atoms with Gasteiger partial charge in [0.2, 0.25) is 5.91 Å². The molecular formula is C11H12N4O3. The lowest BCUT2D eigenvalue weighted by atomic mass is 10.2. The van der Waals surface area contributed by atoms with Crippen molar-refractivity contribution in [3.63, 3.8) is 0 Å². The van der Waals surface area contributed by atoms with Crippen LogP contribution in [0.5, 0.6) is 0 Å². The molecule has 0 atom stereocenters. The average Bonchev–Trinajstić information content (AvgIpc) is 2.72. The first-order chi connectivity index (χ1) is 8.50. The molecule has 0 aliphatic heterocycles. The zero-order valence-corrected chi connectivity index (χ0v) is 9.99. The molecule has 7 nitrogen and oxygen atoms in total. The van der Waals surface area contributed by atoms with Gasteiger partial charge in [-0.2, -0.15) is 0 Å². The summed E-state index contributed by atoms with van der Waals surface area (Å²) >= 11 is 0. The average molecular weight is 248 g/mol. The highest BCUT2D eigenvalue weighted by Crippen LogP contribution is 2.16. The van der Waals surface area contributed by atoms with Crippen molar-refractivity contribution in [3.8, 4) is 0 Å². The Hall–Kier alpha value is -2.44. The number of rotatable bonds is 3. The van der Waals surface area contributed by atoms with E-state index in [4.69, 9.17) is 5.11 Å². The number of likely N-dealkylation sites (N-methyl/N-ethyl adjacent to an activating group) is 1. The summed E-state index contributed by atoms with van der Waals surface area (Å²) in [4.78, 5) is 24.2. The molecule has 18 heavy (non-hydrogen) atoms. The van der Waals surface area contributed by atoms with Crippen molar-refractivity contribution in [1.29, 1.82) is 0 Å². The Morgan fingerprint density at radius 2 is 2.11 bits per heavy atom. The van der Waals surface area contributed by atoms with Gasteiger partial charge in [0.25, 0.3) is 0 Å². The maximum atomic E-state index is 11.6. The van der Waals surface area contributed by atoms with Crippen molar-refractivity contribution < 1.29 is 14.7 Å². The van der Waals surface area contributed by atoms with Gasteiger partial charge in [0, 0.05) is 14.1 Å². The first-order valence-electron chi connectivity index (χ1n) is 5.26. The van der Waals surface area contributed by atoms with E-state index >= 15 is 0 Å². The van der Waals surface area contributed by atoms with Crippen LogP contribution in [-0.2, 0) is 11.3 Å². The van der Waals surface area contributed by atoms with Gasteiger partial charge < -0.3 is 10.0 Å². The van der Waals surface area contributed by atoms with Gasteiger partial charge in [-0.1, -0.05) is 11.3 Å². The molecule has 94 valence electrons. The van der Waals surface area contributed by atoms with Crippen molar-refractivity contribution in [2.45, 2.75) is 6.54 Å². The van der Waals surface area contributed by atoms with Gasteiger partial charge >= 0.3 is 5.97 Å². The van der Waals surface area contributed by atoms with Gasteiger partial charge in [-0.3, -0.25) is 4.79 Å². The minimum atomic E-state index is -1.07. The minimum absolute atomic E-state index is 0.0339. The zero-order chi connectivity index (χ0) is 13.3. The fourth-order valence-electron chi connectivity index (χ4n) is 1.58. The van der Waals surface area contributed by atoms with E-state index in [0.29, 0.717) is 11.0 Å². The second-order valence-corrected chi connectivity index (χ2v) is 4.01. The molecule has 0 bridgehead atoms. The number of carboxylic acids is 1. The monoisotopic (exact) mass is 248 g/mol. The molecule has 2 aromatic rings. The van der Waals surface area contributed by atoms with Crippen LogP contribution in [0.25, 0.3) is 11.0 Å². The van der Waals surface area contributed by atoms with Crippen LogP contribution in [0.2, 0.25) is 0 Å². The number of carboxylic acid groups (broad SMARTS) is 1. The van der Waals surface area contributed by atoms with Crippen LogP contribution >= 0.6 is 0 Å². The number of aromatic carboxylic acids is 1. The molecule has 1 aromatic carbocycles. The smallest absolute Gasteiger partial charge is 0.337 e. The van der Waals surface area contributed by atoms with Crippen molar-refractivity contribution in [1.82, 2.24) is 19.9 Å². The number of aromatic nitrogens is 3. The molecule has 7 heteroatoms. The molecule has 0 spiro atoms. The number of hydrogen-bond donors (Lipinski definition) is 1. The molecular weight excluding hydrogens is 236 g/mol. The zero-order valence-electron chi connectivity index (χ0n) is 9.99. The number of carbonyl (C=O) groups excluding carboxylic acids is 1. The first-order valence-corrected chi connectivity index (χ1v) is 5.26. The highest BCUT2D eigenvalue weighted by Gasteiger charge is 2.16. The number of nitrogens with zero attached hydrogens (tertiary/aromatic N) is 4. The van der Waals surface area contributed by atoms with Crippen LogP contribution in [0.1, 0.15) is 10.4 Å². The molecule has 1 amide bonds. The fraction of sp³-hybridized carbons (Fsp3) is 0.273. The van der Waals surface area contributed by atoms with Crippen LogP contribution in [0.4, 0.5) is 0 Å². The lowest BCUT2D eigenvalue weighted by molar-refractivity contribution is -0.129. The van der Waals surface area contributed by atoms with Crippen LogP contribution in [0, 0.1) is 0 Å². The topological polar surface area (TPSA) is 88.3 Å². The van der Waals surface area contributed by atoms with E-state index in [1.165, 1.54) is 15.6 Å². The van der Waals surface area contributed by atoms with Gasteiger partial charge in [0.15, 0.2) is 0 Å². The molecule has 1 heterocycles. The van der Waals surface area contributed by atoms with E-state index in [-0.39, 0.29) is 18.0 Å². The Morgan fingerprint density at radius 1 is 1.39 bits per heavy atom. The number of hydrogen-bond acceptors (Lipinski definition) is 4. The molecule has 1 aromatic heterocycles. The SMILES string of the molecule is CN(C)C(=O)Cn1nnc2cccc(C(=O)O)c21. The highest BCUT2D eigenvalue weighted by atomic mass is 16.4. The third-order valence-corrected chi connectivity index (χ3v) is 2.55. The Bertz CT molecular complexity index is 618. The van der Waals surface area contributed by atoms with E-state index in [9.17, 15) is 9.59 Å². The van der Waals surface area contributed by atoms with Crippen LogP contribution in [0.3, 0.4) is 0 Å². The molecule has 0 saturated carbocycles. The molecule has 0 radical (unpaired) electrons. The Labute approximate surface area is 103 Å². The summed E-state index contributed by atoms with van der Waals surface area (Å²) in [6.07, 6.45) is 0. The van der Waals surface area contributed by atoms with E-state index in [2.05, 4.69) is 10.3 Å². The quantitative estimate of drug-likeness (QED) is 0.839. The summed E-state index contributed by atoms with van der Waals surface area (Å²) in [5, 5.41) is 16.8. The second-order valence-electron chi connectivity index (χ2n) is 4.01. The van der Waals surface area contributed by atoms with Crippen LogP contribution < -0.4 is 0 Å². The summed E-state index contributed by atoms with van der Waals surface area (Å²) in [7, 11) is 3.25. The summed E-state index contributed by atoms with van der Waals surface area (Å²) < 4.78 is 1.31. The summed E-state index contributed by atoms with van der Waals surface area (Å²) in [6.45, 7) is -0.0339. The molecule has 2 rings (SSSR count). The predicted octanol–water partition coefficient (Wildman–Crippen LogP) is 0.218. The van der Waals surface area contributed by atoms with Gasteiger partial charge in [-0.05, 0) is 12.1 Å². The van der Waals surface area contributed by atoms with Gasteiger partial charge in [0.05, 0.1) is 5.56 Å². The predicted molar refractivity (Wildman–Crippen MR) is 63.2 cm³/mol. The summed E-state index contributed by atoms with van der Waals surface area (Å²) in [6, 6.07) is 4.72. The number of fused-ring (bicyclic) bond motifs is 1. The van der Waals surface area contributed by atoms with E-state index < -0.39 is 5.97 Å². The lowest BCUT2D eigenvalue weighted by Gasteiger charge is -2.10. The molecule has 0 aliphatic rings. The van der Waals surface area contributed by atoms with Crippen LogP contribution in [0.15, 0.2) is 18.2 Å². The number of para-hydroxylation sites is 1. The van der Waals surface area contributed by atoms with E-state index in [0.717, 1.165) is 0 Å². The Morgan fingerprint density at radius 3 is 2.72 bits per heavy atom. The molecule has 0 unspecified atom stereocenters. The minimum Gasteiger partial charge on any atom is -0.478 e. The normalized spacial score (nSPS) is 10.6. The van der Waals surface area contributed by atoms with E-state index in [1.54, 1.807) is 26.2 Å². The van der Waals surface area contributed by atoms with Crippen molar-refractivity contribution >= 4 is 22.9 Å². The molecule has 0 fully saturated rings. The Kier molecular flexibility index (Phi) is 2.97. The second kappa shape index (κ2) is 4.44. The highest BCUT2D eigenvalue weighted by molar-refractivity contribution is 6.01. The lowest BCUT2D eigenvalue weighted by Crippen LogP contribution is -2.27. The molecule has 1 N–H and O–H groups in total. The van der Waals surface area contributed by atoms with E-state index in [1.807, 2.05) is 0 Å². The van der Waals surface area contributed by atoms with Crippen LogP contribution in [-0.4, -0.2) is 51.0 Å². The third-order valence-electron chi connectivity index (χ3n) is 2.55. The number of carbonyl (C=O) groups is 2. The van der Waals surface area contributed by atoms with Gasteiger partial charge in [-0.25, -0.2) is 9.48 Å². The van der Waals surface area contributed by atoms with Crippen molar-refractivity contribution in [2.75, 3.05) is 14.1 Å². The fourth-order valence-corrected chi connectivity index (χ4v) is 1.58. The first kappa shape index (κ1) is 12.0.